The van der Waals surface area contributed by atoms with E-state index in [9.17, 15) is 4.79 Å². The molecular formula is C21H19N3OS2. The smallest absolute Gasteiger partial charge is 0.236 e. The molecular weight excluding hydrogens is 374 g/mol. The molecule has 0 radical (unpaired) electrons. The summed E-state index contributed by atoms with van der Waals surface area (Å²) in [6.45, 7) is 4.17. The number of aryl methyl sites for hydroxylation is 2. The molecule has 0 saturated carbocycles. The molecule has 0 aliphatic heterocycles. The van der Waals surface area contributed by atoms with E-state index in [1.165, 1.54) is 34.2 Å². The molecule has 1 heterocycles. The van der Waals surface area contributed by atoms with Gasteiger partial charge in [0.1, 0.15) is 0 Å². The first-order valence-corrected chi connectivity index (χ1v) is 10.5. The van der Waals surface area contributed by atoms with Gasteiger partial charge in [0, 0.05) is 16.7 Å². The van der Waals surface area contributed by atoms with E-state index in [0.717, 1.165) is 22.6 Å². The molecule has 136 valence electrons. The lowest BCUT2D eigenvalue weighted by molar-refractivity contribution is -0.113. The van der Waals surface area contributed by atoms with Crippen molar-refractivity contribution in [3.05, 3.63) is 70.1 Å². The highest BCUT2D eigenvalue weighted by Crippen LogP contribution is 2.26. The second kappa shape index (κ2) is 8.85. The number of nitrogens with zero attached hydrogens (tertiary/aromatic N) is 2. The summed E-state index contributed by atoms with van der Waals surface area (Å²) in [6, 6.07) is 15.8. The highest BCUT2D eigenvalue weighted by molar-refractivity contribution is 7.99. The number of hydrogen-bond donors (Lipinski definition) is 1. The Balaban J connectivity index is 1.51. The molecule has 0 bridgehead atoms. The summed E-state index contributed by atoms with van der Waals surface area (Å²) in [5, 5.41) is 14.3. The monoisotopic (exact) mass is 393 g/mol. The molecule has 4 nitrogen and oxygen atoms in total. The number of thiazole rings is 1. The van der Waals surface area contributed by atoms with Crippen LogP contribution in [0, 0.1) is 25.2 Å². The van der Waals surface area contributed by atoms with Gasteiger partial charge in [0.15, 0.2) is 5.13 Å². The number of nitriles is 1. The van der Waals surface area contributed by atoms with Gasteiger partial charge in [-0.05, 0) is 48.7 Å². The second-order valence-electron chi connectivity index (χ2n) is 6.19. The van der Waals surface area contributed by atoms with Crippen LogP contribution < -0.4 is 5.32 Å². The van der Waals surface area contributed by atoms with E-state index in [4.69, 9.17) is 5.26 Å². The molecule has 1 amide bonds. The highest BCUT2D eigenvalue weighted by Gasteiger charge is 2.09. The van der Waals surface area contributed by atoms with Crippen LogP contribution in [-0.4, -0.2) is 16.6 Å². The number of rotatable bonds is 6. The molecule has 0 spiro atoms. The molecule has 0 fully saturated rings. The zero-order chi connectivity index (χ0) is 19.2. The number of aromatic nitrogens is 1. The highest BCUT2D eigenvalue weighted by atomic mass is 32.2. The lowest BCUT2D eigenvalue weighted by Crippen LogP contribution is -2.13. The first kappa shape index (κ1) is 19.2. The molecule has 0 unspecified atom stereocenters. The second-order valence-corrected chi connectivity index (χ2v) is 8.03. The predicted molar refractivity (Wildman–Crippen MR) is 113 cm³/mol. The average molecular weight is 394 g/mol. The topological polar surface area (TPSA) is 65.8 Å². The number of carbonyl (C=O) groups is 1. The number of thioether (sulfide) groups is 1. The van der Waals surface area contributed by atoms with Crippen molar-refractivity contribution in [1.82, 2.24) is 4.98 Å². The lowest BCUT2D eigenvalue weighted by Gasteiger charge is -2.03. The van der Waals surface area contributed by atoms with E-state index in [1.807, 2.05) is 17.5 Å². The number of carbonyl (C=O) groups excluding carboxylic acids is 1. The molecule has 3 aromatic rings. The van der Waals surface area contributed by atoms with Gasteiger partial charge in [-0.3, -0.25) is 4.79 Å². The van der Waals surface area contributed by atoms with E-state index in [-0.39, 0.29) is 5.91 Å². The Morgan fingerprint density at radius 3 is 2.67 bits per heavy atom. The van der Waals surface area contributed by atoms with Crippen molar-refractivity contribution in [3.8, 4) is 17.3 Å². The zero-order valence-corrected chi connectivity index (χ0v) is 16.8. The van der Waals surface area contributed by atoms with Crippen LogP contribution in [0.4, 0.5) is 5.13 Å². The van der Waals surface area contributed by atoms with E-state index < -0.39 is 0 Å². The largest absolute Gasteiger partial charge is 0.301 e. The van der Waals surface area contributed by atoms with Crippen LogP contribution in [0.3, 0.4) is 0 Å². The first-order valence-electron chi connectivity index (χ1n) is 8.45. The standard InChI is InChI=1S/C21H19N3OS2/c1-14-3-8-18(9-15(14)2)19-12-27-21(23-19)24-20(25)13-26-11-17-6-4-16(10-22)5-7-17/h3-9,12H,11,13H2,1-2H3,(H,23,24,25). The minimum Gasteiger partial charge on any atom is -0.301 e. The summed E-state index contributed by atoms with van der Waals surface area (Å²) >= 11 is 2.97. The van der Waals surface area contributed by atoms with Gasteiger partial charge in [-0.2, -0.15) is 5.26 Å². The van der Waals surface area contributed by atoms with Crippen LogP contribution in [0.25, 0.3) is 11.3 Å². The Morgan fingerprint density at radius 2 is 1.96 bits per heavy atom. The summed E-state index contributed by atoms with van der Waals surface area (Å²) in [5.41, 5.74) is 6.16. The number of anilines is 1. The van der Waals surface area contributed by atoms with Crippen LogP contribution in [0.5, 0.6) is 0 Å². The lowest BCUT2D eigenvalue weighted by atomic mass is 10.1. The molecule has 1 N–H and O–H groups in total. The van der Waals surface area contributed by atoms with Gasteiger partial charge in [-0.1, -0.05) is 24.3 Å². The number of amides is 1. The predicted octanol–water partition coefficient (Wildman–Crippen LogP) is 5.17. The van der Waals surface area contributed by atoms with Crippen molar-refractivity contribution in [2.75, 3.05) is 11.1 Å². The van der Waals surface area contributed by atoms with Crippen LogP contribution in [0.2, 0.25) is 0 Å². The molecule has 0 saturated heterocycles. The molecule has 27 heavy (non-hydrogen) atoms. The molecule has 0 atom stereocenters. The Hall–Kier alpha value is -2.62. The van der Waals surface area contributed by atoms with Crippen molar-refractivity contribution >= 4 is 34.1 Å². The van der Waals surface area contributed by atoms with Crippen molar-refractivity contribution in [2.45, 2.75) is 19.6 Å². The Morgan fingerprint density at radius 1 is 1.19 bits per heavy atom. The summed E-state index contributed by atoms with van der Waals surface area (Å²) in [7, 11) is 0. The van der Waals surface area contributed by atoms with Crippen molar-refractivity contribution in [1.29, 1.82) is 5.26 Å². The summed E-state index contributed by atoms with van der Waals surface area (Å²) < 4.78 is 0. The Bertz CT molecular complexity index is 987. The van der Waals surface area contributed by atoms with E-state index in [2.05, 4.69) is 48.4 Å². The van der Waals surface area contributed by atoms with Crippen LogP contribution >= 0.6 is 23.1 Å². The first-order chi connectivity index (χ1) is 13.0. The van der Waals surface area contributed by atoms with Gasteiger partial charge in [0.05, 0.1) is 23.1 Å². The van der Waals surface area contributed by atoms with Gasteiger partial charge in [-0.25, -0.2) is 4.98 Å². The van der Waals surface area contributed by atoms with E-state index in [1.54, 1.807) is 12.1 Å². The average Bonchev–Trinajstić information content (AvgIpc) is 3.13. The van der Waals surface area contributed by atoms with Gasteiger partial charge in [-0.15, -0.1) is 23.1 Å². The summed E-state index contributed by atoms with van der Waals surface area (Å²) in [4.78, 5) is 16.7. The van der Waals surface area contributed by atoms with Crippen molar-refractivity contribution < 1.29 is 4.79 Å². The van der Waals surface area contributed by atoms with Crippen molar-refractivity contribution in [2.24, 2.45) is 0 Å². The van der Waals surface area contributed by atoms with Gasteiger partial charge < -0.3 is 5.32 Å². The minimum absolute atomic E-state index is 0.0605. The maximum atomic E-state index is 12.1. The van der Waals surface area contributed by atoms with E-state index >= 15 is 0 Å². The normalized spacial score (nSPS) is 10.4. The summed E-state index contributed by atoms with van der Waals surface area (Å²) in [5.74, 6) is 1.03. The quantitative estimate of drug-likeness (QED) is 0.627. The Kier molecular flexibility index (Phi) is 6.28. The Labute approximate surface area is 167 Å². The zero-order valence-electron chi connectivity index (χ0n) is 15.2. The minimum atomic E-state index is -0.0605. The fourth-order valence-corrected chi connectivity index (χ4v) is 3.98. The maximum absolute atomic E-state index is 12.1. The molecule has 2 aromatic carbocycles. The molecule has 0 aliphatic carbocycles. The fraction of sp³-hybridized carbons (Fsp3) is 0.190. The third kappa shape index (κ3) is 5.19. The number of benzene rings is 2. The third-order valence-corrected chi connectivity index (χ3v) is 5.90. The summed E-state index contributed by atoms with van der Waals surface area (Å²) in [6.07, 6.45) is 0. The van der Waals surface area contributed by atoms with Crippen LogP contribution in [0.15, 0.2) is 47.8 Å². The van der Waals surface area contributed by atoms with Crippen LogP contribution in [-0.2, 0) is 10.5 Å². The number of nitrogens with one attached hydrogen (secondary N) is 1. The van der Waals surface area contributed by atoms with Crippen molar-refractivity contribution in [3.63, 3.8) is 0 Å². The molecule has 3 rings (SSSR count). The van der Waals surface area contributed by atoms with Gasteiger partial charge >= 0.3 is 0 Å². The molecule has 1 aromatic heterocycles. The maximum Gasteiger partial charge on any atom is 0.236 e. The van der Waals surface area contributed by atoms with Crippen LogP contribution in [0.1, 0.15) is 22.3 Å². The molecule has 6 heteroatoms. The van der Waals surface area contributed by atoms with Gasteiger partial charge in [0.25, 0.3) is 0 Å². The SMILES string of the molecule is Cc1ccc(-c2csc(NC(=O)CSCc3ccc(C#N)cc3)n2)cc1C. The van der Waals surface area contributed by atoms with E-state index in [0.29, 0.717) is 16.4 Å². The molecule has 0 aliphatic rings. The van der Waals surface area contributed by atoms with Gasteiger partial charge in [0.2, 0.25) is 5.91 Å². The fourth-order valence-electron chi connectivity index (χ4n) is 2.46. The third-order valence-electron chi connectivity index (χ3n) is 4.14. The number of hydrogen-bond acceptors (Lipinski definition) is 5.